The Kier molecular flexibility index (Phi) is 4.65. The highest BCUT2D eigenvalue weighted by Gasteiger charge is 2.55. The molecule has 0 spiro atoms. The van der Waals surface area contributed by atoms with E-state index in [9.17, 15) is 19.5 Å². The first kappa shape index (κ1) is 22.1. The summed E-state index contributed by atoms with van der Waals surface area (Å²) in [6.07, 6.45) is 2.22. The number of carbonyl (C=O) groups is 3. The number of nitrogens with zero attached hydrogens (tertiary/aromatic N) is 4. The standard InChI is InChI=1S/C24H28N6O4/c1-5-23(6-2)13-9-14-15(10-17(13)29(12(3)4)20(23)31)27-19(26-14)16-11-18(30(28-16)22(25)34)24(7-8-24)21(32)33/h9-12H,5-8H2,1-4H3,(H2,25,34)(H,26,27)(H,32,33). The molecule has 2 aromatic heterocycles. The molecule has 1 fully saturated rings. The van der Waals surface area contributed by atoms with Crippen LogP contribution in [0.5, 0.6) is 0 Å². The van der Waals surface area contributed by atoms with Crippen molar-refractivity contribution in [3.8, 4) is 11.5 Å². The zero-order valence-corrected chi connectivity index (χ0v) is 19.7. The second kappa shape index (κ2) is 7.15. The quantitative estimate of drug-likeness (QED) is 0.510. The third-order valence-corrected chi connectivity index (χ3v) is 7.54. The monoisotopic (exact) mass is 464 g/mol. The molecule has 178 valence electrons. The summed E-state index contributed by atoms with van der Waals surface area (Å²) < 4.78 is 0.960. The number of amides is 2. The number of carboxylic acids is 1. The van der Waals surface area contributed by atoms with Crippen LogP contribution in [0.15, 0.2) is 18.2 Å². The van der Waals surface area contributed by atoms with Gasteiger partial charge < -0.3 is 20.7 Å². The summed E-state index contributed by atoms with van der Waals surface area (Å²) in [6, 6.07) is 4.64. The first-order valence-corrected chi connectivity index (χ1v) is 11.6. The number of nitrogens with one attached hydrogen (secondary N) is 1. The number of carboxylic acid groups (broad SMARTS) is 1. The molecule has 10 heteroatoms. The van der Waals surface area contributed by atoms with Crippen molar-refractivity contribution in [1.82, 2.24) is 19.7 Å². The van der Waals surface area contributed by atoms with Crippen molar-refractivity contribution in [3.63, 3.8) is 0 Å². The molecule has 3 aromatic rings. The van der Waals surface area contributed by atoms with Gasteiger partial charge in [-0.15, -0.1) is 0 Å². The molecule has 5 rings (SSSR count). The third-order valence-electron chi connectivity index (χ3n) is 7.54. The molecule has 0 bridgehead atoms. The van der Waals surface area contributed by atoms with E-state index in [1.165, 1.54) is 0 Å². The Morgan fingerprint density at radius 1 is 1.21 bits per heavy atom. The summed E-state index contributed by atoms with van der Waals surface area (Å²) in [5, 5.41) is 14.0. The van der Waals surface area contributed by atoms with Crippen LogP contribution in [0.25, 0.3) is 22.6 Å². The first-order valence-electron chi connectivity index (χ1n) is 11.6. The van der Waals surface area contributed by atoms with E-state index in [0.717, 1.165) is 21.4 Å². The summed E-state index contributed by atoms with van der Waals surface area (Å²) in [4.78, 5) is 47.0. The number of primary amides is 1. The van der Waals surface area contributed by atoms with E-state index in [0.29, 0.717) is 42.7 Å². The molecule has 34 heavy (non-hydrogen) atoms. The molecule has 2 amide bonds. The first-order chi connectivity index (χ1) is 16.1. The molecular formula is C24H28N6O4. The van der Waals surface area contributed by atoms with Crippen LogP contribution in [0.1, 0.15) is 64.6 Å². The molecule has 3 heterocycles. The Morgan fingerprint density at radius 2 is 1.88 bits per heavy atom. The lowest BCUT2D eigenvalue weighted by Gasteiger charge is -2.27. The van der Waals surface area contributed by atoms with Gasteiger partial charge in [-0.1, -0.05) is 13.8 Å². The number of aromatic amines is 1. The minimum atomic E-state index is -1.15. The van der Waals surface area contributed by atoms with Gasteiger partial charge in [0, 0.05) is 6.04 Å². The van der Waals surface area contributed by atoms with E-state index < -0.39 is 22.8 Å². The van der Waals surface area contributed by atoms with Gasteiger partial charge in [-0.05, 0) is 63.3 Å². The van der Waals surface area contributed by atoms with Gasteiger partial charge in [0.15, 0.2) is 5.82 Å². The van der Waals surface area contributed by atoms with Gasteiger partial charge in [-0.2, -0.15) is 9.78 Å². The normalized spacial score (nSPS) is 18.0. The Morgan fingerprint density at radius 3 is 2.41 bits per heavy atom. The molecule has 0 saturated heterocycles. The Labute approximate surface area is 196 Å². The maximum Gasteiger partial charge on any atom is 0.339 e. The van der Waals surface area contributed by atoms with Crippen LogP contribution in [-0.2, 0) is 20.4 Å². The zero-order valence-electron chi connectivity index (χ0n) is 19.7. The summed E-state index contributed by atoms with van der Waals surface area (Å²) in [6.45, 7) is 8.06. The van der Waals surface area contributed by atoms with Crippen molar-refractivity contribution in [2.24, 2.45) is 5.73 Å². The summed E-state index contributed by atoms with van der Waals surface area (Å²) in [5.74, 6) is -0.484. The van der Waals surface area contributed by atoms with Crippen molar-refractivity contribution in [2.45, 2.75) is 70.3 Å². The van der Waals surface area contributed by atoms with Gasteiger partial charge in [-0.25, -0.2) is 9.78 Å². The molecule has 4 N–H and O–H groups in total. The molecule has 2 aliphatic rings. The molecule has 10 nitrogen and oxygen atoms in total. The van der Waals surface area contributed by atoms with E-state index in [1.807, 2.05) is 44.7 Å². The lowest BCUT2D eigenvalue weighted by molar-refractivity contribution is -0.140. The smallest absolute Gasteiger partial charge is 0.339 e. The molecule has 1 saturated carbocycles. The zero-order chi connectivity index (χ0) is 24.6. The van der Waals surface area contributed by atoms with Crippen molar-refractivity contribution in [1.29, 1.82) is 0 Å². The van der Waals surface area contributed by atoms with Gasteiger partial charge in [0.1, 0.15) is 11.1 Å². The summed E-state index contributed by atoms with van der Waals surface area (Å²) in [5.41, 5.74) is 7.60. The highest BCUT2D eigenvalue weighted by Crippen LogP contribution is 2.50. The van der Waals surface area contributed by atoms with E-state index in [4.69, 9.17) is 5.73 Å². The molecule has 1 aromatic carbocycles. The number of carbonyl (C=O) groups excluding carboxylic acids is 2. The minimum Gasteiger partial charge on any atom is -0.481 e. The number of nitrogens with two attached hydrogens (primary N) is 1. The molecule has 0 unspecified atom stereocenters. The number of benzene rings is 1. The maximum atomic E-state index is 13.4. The molecule has 0 radical (unpaired) electrons. The fourth-order valence-corrected chi connectivity index (χ4v) is 5.36. The van der Waals surface area contributed by atoms with Gasteiger partial charge in [0.05, 0.1) is 27.8 Å². The number of aromatic nitrogens is 4. The predicted octanol–water partition coefficient (Wildman–Crippen LogP) is 3.28. The summed E-state index contributed by atoms with van der Waals surface area (Å²) in [7, 11) is 0. The SMILES string of the molecule is CCC1(CC)C(=O)N(C(C)C)c2cc3nc(-c4cc(C5(C(=O)O)CC5)n(C(N)=O)n4)[nH]c3cc21. The number of aliphatic carboxylic acids is 1. The number of hydrogen-bond acceptors (Lipinski definition) is 5. The predicted molar refractivity (Wildman–Crippen MR) is 126 cm³/mol. The molecule has 1 aliphatic carbocycles. The van der Waals surface area contributed by atoms with Crippen molar-refractivity contribution in [3.05, 3.63) is 29.5 Å². The van der Waals surface area contributed by atoms with Crippen molar-refractivity contribution >= 4 is 34.6 Å². The van der Waals surface area contributed by atoms with Crippen LogP contribution < -0.4 is 10.6 Å². The lowest BCUT2D eigenvalue weighted by atomic mass is 9.77. The van der Waals surface area contributed by atoms with Crippen LogP contribution >= 0.6 is 0 Å². The van der Waals surface area contributed by atoms with Gasteiger partial charge in [0.2, 0.25) is 5.91 Å². The molecule has 0 atom stereocenters. The average molecular weight is 465 g/mol. The van der Waals surface area contributed by atoms with E-state index >= 15 is 0 Å². The van der Waals surface area contributed by atoms with Crippen LogP contribution in [0.3, 0.4) is 0 Å². The number of rotatable bonds is 6. The Balaban J connectivity index is 1.66. The highest BCUT2D eigenvalue weighted by molar-refractivity contribution is 6.10. The number of hydrogen-bond donors (Lipinski definition) is 3. The Bertz CT molecular complexity index is 1360. The van der Waals surface area contributed by atoms with Crippen LogP contribution in [0.4, 0.5) is 10.5 Å². The number of fused-ring (bicyclic) bond motifs is 2. The van der Waals surface area contributed by atoms with Crippen molar-refractivity contribution < 1.29 is 19.5 Å². The fraction of sp³-hybridized carbons (Fsp3) is 0.458. The fourth-order valence-electron chi connectivity index (χ4n) is 5.36. The number of anilines is 1. The second-order valence-electron chi connectivity index (χ2n) is 9.58. The van der Waals surface area contributed by atoms with E-state index in [-0.39, 0.29) is 17.6 Å². The van der Waals surface area contributed by atoms with Crippen molar-refractivity contribution in [2.75, 3.05) is 4.90 Å². The van der Waals surface area contributed by atoms with E-state index in [1.54, 1.807) is 6.07 Å². The molecular weight excluding hydrogens is 436 g/mol. The highest BCUT2D eigenvalue weighted by atomic mass is 16.4. The minimum absolute atomic E-state index is 0.00154. The van der Waals surface area contributed by atoms with Gasteiger partial charge >= 0.3 is 12.0 Å². The maximum absolute atomic E-state index is 13.4. The number of H-pyrrole nitrogens is 1. The third kappa shape index (κ3) is 2.77. The second-order valence-corrected chi connectivity index (χ2v) is 9.58. The average Bonchev–Trinajstić information content (AvgIpc) is 3.20. The largest absolute Gasteiger partial charge is 0.481 e. The van der Waals surface area contributed by atoms with E-state index in [2.05, 4.69) is 15.1 Å². The Hall–Kier alpha value is -3.69. The molecule has 1 aliphatic heterocycles. The van der Waals surface area contributed by atoms with Crippen LogP contribution in [-0.4, -0.2) is 48.8 Å². The van der Waals surface area contributed by atoms with Crippen LogP contribution in [0, 0.1) is 0 Å². The summed E-state index contributed by atoms with van der Waals surface area (Å²) >= 11 is 0. The number of imidazole rings is 1. The van der Waals surface area contributed by atoms with Gasteiger partial charge in [0.25, 0.3) is 0 Å². The topological polar surface area (TPSA) is 147 Å². The lowest BCUT2D eigenvalue weighted by Crippen LogP contribution is -2.42. The van der Waals surface area contributed by atoms with Gasteiger partial charge in [-0.3, -0.25) is 9.59 Å². The van der Waals surface area contributed by atoms with Crippen LogP contribution in [0.2, 0.25) is 0 Å².